The van der Waals surface area contributed by atoms with Gasteiger partial charge < -0.3 is 9.30 Å². The van der Waals surface area contributed by atoms with Crippen molar-refractivity contribution in [1.29, 1.82) is 0 Å². The van der Waals surface area contributed by atoms with Gasteiger partial charge in [0.25, 0.3) is 0 Å². The second kappa shape index (κ2) is 6.15. The first-order valence-electron chi connectivity index (χ1n) is 7.40. The summed E-state index contributed by atoms with van der Waals surface area (Å²) in [5.41, 5.74) is 2.22. The van der Waals surface area contributed by atoms with Crippen LogP contribution in [-0.4, -0.2) is 28.6 Å². The number of hydrogen-bond donors (Lipinski definition) is 0. The molecule has 0 bridgehead atoms. The molecule has 0 radical (unpaired) electrons. The highest BCUT2D eigenvalue weighted by Crippen LogP contribution is 2.35. The molecular formula is C16H20Cl2N2O. The van der Waals surface area contributed by atoms with Gasteiger partial charge in [-0.1, -0.05) is 24.6 Å². The molecule has 1 fully saturated rings. The number of rotatable bonds is 4. The SMILES string of the molecule is CC1(Cn2c(CCCl)nc3cccc(Cl)c32)CCOCC1. The van der Waals surface area contributed by atoms with Crippen LogP contribution in [0.2, 0.25) is 5.02 Å². The summed E-state index contributed by atoms with van der Waals surface area (Å²) in [5, 5.41) is 0.761. The normalized spacial score (nSPS) is 18.2. The van der Waals surface area contributed by atoms with Gasteiger partial charge in [-0.25, -0.2) is 4.98 Å². The Morgan fingerprint density at radius 3 is 2.81 bits per heavy atom. The molecule has 0 N–H and O–H groups in total. The van der Waals surface area contributed by atoms with Gasteiger partial charge in [-0.05, 0) is 30.4 Å². The Kier molecular flexibility index (Phi) is 4.43. The molecule has 1 aromatic carbocycles. The van der Waals surface area contributed by atoms with Crippen molar-refractivity contribution in [2.75, 3.05) is 19.1 Å². The summed E-state index contributed by atoms with van der Waals surface area (Å²) in [7, 11) is 0. The summed E-state index contributed by atoms with van der Waals surface area (Å²) in [6, 6.07) is 5.89. The topological polar surface area (TPSA) is 27.1 Å². The van der Waals surface area contributed by atoms with E-state index in [1.165, 1.54) is 0 Å². The Morgan fingerprint density at radius 2 is 2.10 bits per heavy atom. The Hall–Kier alpha value is -0.770. The minimum atomic E-state index is 0.228. The molecule has 3 rings (SSSR count). The van der Waals surface area contributed by atoms with Crippen LogP contribution in [0.1, 0.15) is 25.6 Å². The standard InChI is InChI=1S/C16H20Cl2N2O/c1-16(6-9-21-10-7-16)11-20-14(5-8-17)19-13-4-2-3-12(18)15(13)20/h2-4H,5-11H2,1H3. The van der Waals surface area contributed by atoms with E-state index in [0.29, 0.717) is 5.88 Å². The third kappa shape index (κ3) is 3.05. The molecule has 0 aliphatic carbocycles. The lowest BCUT2D eigenvalue weighted by molar-refractivity contribution is 0.0157. The Morgan fingerprint density at radius 1 is 1.33 bits per heavy atom. The molecule has 0 amide bonds. The number of fused-ring (bicyclic) bond motifs is 1. The fourth-order valence-corrected chi connectivity index (χ4v) is 3.48. The van der Waals surface area contributed by atoms with E-state index in [-0.39, 0.29) is 5.41 Å². The number of alkyl halides is 1. The van der Waals surface area contributed by atoms with E-state index in [1.807, 2.05) is 18.2 Å². The molecule has 0 atom stereocenters. The maximum atomic E-state index is 6.42. The van der Waals surface area contributed by atoms with E-state index in [0.717, 1.165) is 60.9 Å². The summed E-state index contributed by atoms with van der Waals surface area (Å²) in [4.78, 5) is 4.72. The second-order valence-electron chi connectivity index (χ2n) is 6.08. The molecular weight excluding hydrogens is 307 g/mol. The third-order valence-corrected chi connectivity index (χ3v) is 4.85. The summed E-state index contributed by atoms with van der Waals surface area (Å²) in [6.45, 7) is 4.91. The lowest BCUT2D eigenvalue weighted by Crippen LogP contribution is -2.31. The maximum Gasteiger partial charge on any atom is 0.111 e. The molecule has 5 heteroatoms. The minimum Gasteiger partial charge on any atom is -0.381 e. The third-order valence-electron chi connectivity index (χ3n) is 4.35. The smallest absolute Gasteiger partial charge is 0.111 e. The van der Waals surface area contributed by atoms with Crippen LogP contribution in [0.25, 0.3) is 11.0 Å². The number of aryl methyl sites for hydroxylation is 1. The summed E-state index contributed by atoms with van der Waals surface area (Å²) in [6.07, 6.45) is 2.90. The molecule has 1 saturated heterocycles. The van der Waals surface area contributed by atoms with Crippen LogP contribution >= 0.6 is 23.2 Å². The molecule has 21 heavy (non-hydrogen) atoms. The second-order valence-corrected chi connectivity index (χ2v) is 6.87. The van der Waals surface area contributed by atoms with Gasteiger partial charge in [0.05, 0.1) is 16.1 Å². The van der Waals surface area contributed by atoms with E-state index in [2.05, 4.69) is 11.5 Å². The molecule has 114 valence electrons. The van der Waals surface area contributed by atoms with Gasteiger partial charge in [0.1, 0.15) is 5.82 Å². The number of imidazole rings is 1. The highest BCUT2D eigenvalue weighted by atomic mass is 35.5. The van der Waals surface area contributed by atoms with E-state index in [1.54, 1.807) is 0 Å². The molecule has 1 aliphatic rings. The molecule has 1 aromatic heterocycles. The number of nitrogens with zero attached hydrogens (tertiary/aromatic N) is 2. The van der Waals surface area contributed by atoms with Crippen molar-refractivity contribution in [2.24, 2.45) is 5.41 Å². The Labute approximate surface area is 135 Å². The predicted octanol–water partition coefficient (Wildman–Crippen LogP) is 4.29. The number of hydrogen-bond acceptors (Lipinski definition) is 2. The molecule has 2 heterocycles. The van der Waals surface area contributed by atoms with Crippen LogP contribution in [0.4, 0.5) is 0 Å². The molecule has 0 saturated carbocycles. The minimum absolute atomic E-state index is 0.228. The molecule has 1 aliphatic heterocycles. The summed E-state index contributed by atoms with van der Waals surface area (Å²) in [5.74, 6) is 1.60. The average Bonchev–Trinajstić information content (AvgIpc) is 2.79. The van der Waals surface area contributed by atoms with Crippen molar-refractivity contribution in [2.45, 2.75) is 32.7 Å². The van der Waals surface area contributed by atoms with E-state index in [9.17, 15) is 0 Å². The summed E-state index contributed by atoms with van der Waals surface area (Å²) < 4.78 is 7.77. The monoisotopic (exact) mass is 326 g/mol. The van der Waals surface area contributed by atoms with Gasteiger partial charge in [0, 0.05) is 32.1 Å². The van der Waals surface area contributed by atoms with Gasteiger partial charge in [-0.15, -0.1) is 11.6 Å². The molecule has 3 nitrogen and oxygen atoms in total. The fourth-order valence-electron chi connectivity index (χ4n) is 3.04. The number of ether oxygens (including phenoxy) is 1. The predicted molar refractivity (Wildman–Crippen MR) is 87.3 cm³/mol. The zero-order chi connectivity index (χ0) is 14.9. The van der Waals surface area contributed by atoms with Crippen LogP contribution in [-0.2, 0) is 17.7 Å². The lowest BCUT2D eigenvalue weighted by atomic mass is 9.82. The van der Waals surface area contributed by atoms with Crippen LogP contribution in [0.5, 0.6) is 0 Å². The van der Waals surface area contributed by atoms with Gasteiger partial charge in [0.15, 0.2) is 0 Å². The highest BCUT2D eigenvalue weighted by molar-refractivity contribution is 6.35. The molecule has 2 aromatic rings. The Balaban J connectivity index is 2.04. The lowest BCUT2D eigenvalue weighted by Gasteiger charge is -2.34. The molecule has 0 unspecified atom stereocenters. The fraction of sp³-hybridized carbons (Fsp3) is 0.562. The number of halogens is 2. The van der Waals surface area contributed by atoms with Crippen molar-refractivity contribution in [3.8, 4) is 0 Å². The van der Waals surface area contributed by atoms with Crippen LogP contribution in [0.15, 0.2) is 18.2 Å². The van der Waals surface area contributed by atoms with Gasteiger partial charge in [-0.3, -0.25) is 0 Å². The first-order chi connectivity index (χ1) is 10.1. The first kappa shape index (κ1) is 15.1. The van der Waals surface area contributed by atoms with E-state index >= 15 is 0 Å². The number of para-hydroxylation sites is 1. The zero-order valence-electron chi connectivity index (χ0n) is 12.2. The van der Waals surface area contributed by atoms with Crippen molar-refractivity contribution in [3.63, 3.8) is 0 Å². The largest absolute Gasteiger partial charge is 0.381 e. The average molecular weight is 327 g/mol. The van der Waals surface area contributed by atoms with Crippen molar-refractivity contribution >= 4 is 34.2 Å². The van der Waals surface area contributed by atoms with Crippen LogP contribution in [0, 0.1) is 5.41 Å². The van der Waals surface area contributed by atoms with E-state index in [4.69, 9.17) is 32.9 Å². The van der Waals surface area contributed by atoms with E-state index < -0.39 is 0 Å². The Bertz CT molecular complexity index is 632. The highest BCUT2D eigenvalue weighted by Gasteiger charge is 2.29. The van der Waals surface area contributed by atoms with Gasteiger partial charge in [-0.2, -0.15) is 0 Å². The van der Waals surface area contributed by atoms with Gasteiger partial charge in [0.2, 0.25) is 0 Å². The van der Waals surface area contributed by atoms with Gasteiger partial charge >= 0.3 is 0 Å². The first-order valence-corrected chi connectivity index (χ1v) is 8.31. The van der Waals surface area contributed by atoms with Crippen molar-refractivity contribution < 1.29 is 4.74 Å². The van der Waals surface area contributed by atoms with Crippen LogP contribution < -0.4 is 0 Å². The van der Waals surface area contributed by atoms with Crippen molar-refractivity contribution in [1.82, 2.24) is 9.55 Å². The zero-order valence-corrected chi connectivity index (χ0v) is 13.8. The summed E-state index contributed by atoms with van der Waals surface area (Å²) >= 11 is 12.4. The number of aromatic nitrogens is 2. The van der Waals surface area contributed by atoms with Crippen LogP contribution in [0.3, 0.4) is 0 Å². The molecule has 0 spiro atoms. The maximum absolute atomic E-state index is 6.42. The quantitative estimate of drug-likeness (QED) is 0.784. The number of benzene rings is 1. The van der Waals surface area contributed by atoms with Crippen molar-refractivity contribution in [3.05, 3.63) is 29.0 Å².